The summed E-state index contributed by atoms with van der Waals surface area (Å²) < 4.78 is 4.79. The van der Waals surface area contributed by atoms with Gasteiger partial charge in [-0.2, -0.15) is 4.98 Å². The minimum absolute atomic E-state index is 0.104. The fourth-order valence-corrected chi connectivity index (χ4v) is 1.57. The Labute approximate surface area is 120 Å². The van der Waals surface area contributed by atoms with E-state index in [9.17, 15) is 9.59 Å². The van der Waals surface area contributed by atoms with Crippen molar-refractivity contribution < 1.29 is 14.1 Å². The van der Waals surface area contributed by atoms with Crippen LogP contribution >= 0.6 is 0 Å². The molecule has 0 spiro atoms. The molecule has 0 aliphatic carbocycles. The zero-order valence-electron chi connectivity index (χ0n) is 11.2. The topological polar surface area (TPSA) is 123 Å². The quantitative estimate of drug-likeness (QED) is 0.630. The summed E-state index contributed by atoms with van der Waals surface area (Å²) in [7, 11) is 0. The van der Waals surface area contributed by atoms with Crippen molar-refractivity contribution in [1.82, 2.24) is 20.8 Å². The zero-order chi connectivity index (χ0) is 15.1. The fourth-order valence-electron chi connectivity index (χ4n) is 1.57. The van der Waals surface area contributed by atoms with Crippen molar-refractivity contribution in [3.63, 3.8) is 0 Å². The molecular formula is C13H15N5O3. The van der Waals surface area contributed by atoms with Gasteiger partial charge in [0.05, 0.1) is 6.54 Å². The number of carbonyl (C=O) groups excluding carboxylic acids is 2. The van der Waals surface area contributed by atoms with Crippen LogP contribution in [0.1, 0.15) is 16.2 Å². The molecule has 110 valence electrons. The summed E-state index contributed by atoms with van der Waals surface area (Å²) in [6, 6.07) is 6.44. The Balaban J connectivity index is 1.68. The molecule has 4 N–H and O–H groups in total. The number of carbonyl (C=O) groups is 2. The Morgan fingerprint density at radius 3 is 2.62 bits per heavy atom. The van der Waals surface area contributed by atoms with E-state index in [0.29, 0.717) is 30.1 Å². The molecule has 0 bridgehead atoms. The second kappa shape index (κ2) is 7.04. The van der Waals surface area contributed by atoms with Crippen LogP contribution in [-0.4, -0.2) is 35.0 Å². The molecule has 8 nitrogen and oxygen atoms in total. The molecule has 0 saturated carbocycles. The van der Waals surface area contributed by atoms with Crippen LogP contribution in [0, 0.1) is 0 Å². The summed E-state index contributed by atoms with van der Waals surface area (Å²) in [5.41, 5.74) is 6.55. The maximum atomic E-state index is 11.8. The molecule has 21 heavy (non-hydrogen) atoms. The number of nitrogen functional groups attached to an aromatic ring is 1. The van der Waals surface area contributed by atoms with Gasteiger partial charge < -0.3 is 20.9 Å². The van der Waals surface area contributed by atoms with E-state index < -0.39 is 0 Å². The SMILES string of the molecule is Nc1ccc(C(=O)NCC(=O)NCCc2ncno2)cc1. The highest BCUT2D eigenvalue weighted by Crippen LogP contribution is 2.04. The lowest BCUT2D eigenvalue weighted by molar-refractivity contribution is -0.120. The molecule has 8 heteroatoms. The molecule has 2 amide bonds. The van der Waals surface area contributed by atoms with Gasteiger partial charge in [0.15, 0.2) is 6.33 Å². The molecule has 0 atom stereocenters. The molecule has 2 aromatic rings. The smallest absolute Gasteiger partial charge is 0.251 e. The van der Waals surface area contributed by atoms with Gasteiger partial charge in [-0.3, -0.25) is 9.59 Å². The number of hydrogen-bond donors (Lipinski definition) is 3. The van der Waals surface area contributed by atoms with Crippen LogP contribution in [0.5, 0.6) is 0 Å². The maximum absolute atomic E-state index is 11.8. The predicted octanol–water partition coefficient (Wildman–Crippen LogP) is -0.259. The lowest BCUT2D eigenvalue weighted by Gasteiger charge is -2.06. The van der Waals surface area contributed by atoms with Gasteiger partial charge >= 0.3 is 0 Å². The largest absolute Gasteiger partial charge is 0.399 e. The lowest BCUT2D eigenvalue weighted by atomic mass is 10.2. The number of nitrogens with one attached hydrogen (secondary N) is 2. The third kappa shape index (κ3) is 4.60. The van der Waals surface area contributed by atoms with Gasteiger partial charge in [-0.05, 0) is 24.3 Å². The van der Waals surface area contributed by atoms with Crippen LogP contribution in [-0.2, 0) is 11.2 Å². The number of nitrogens with zero attached hydrogens (tertiary/aromatic N) is 2. The van der Waals surface area contributed by atoms with Crippen LogP contribution in [0.4, 0.5) is 5.69 Å². The molecule has 0 radical (unpaired) electrons. The van der Waals surface area contributed by atoms with E-state index in [2.05, 4.69) is 20.8 Å². The van der Waals surface area contributed by atoms with Crippen molar-refractivity contribution in [3.05, 3.63) is 42.0 Å². The molecule has 0 unspecified atom stereocenters. The highest BCUT2D eigenvalue weighted by molar-refractivity contribution is 5.96. The van der Waals surface area contributed by atoms with E-state index in [4.69, 9.17) is 10.3 Å². The van der Waals surface area contributed by atoms with Crippen LogP contribution < -0.4 is 16.4 Å². The van der Waals surface area contributed by atoms with Crippen molar-refractivity contribution in [3.8, 4) is 0 Å². The normalized spacial score (nSPS) is 10.1. The van der Waals surface area contributed by atoms with Gasteiger partial charge in [-0.1, -0.05) is 5.16 Å². The third-order valence-corrected chi connectivity index (χ3v) is 2.65. The van der Waals surface area contributed by atoms with E-state index in [-0.39, 0.29) is 18.4 Å². The monoisotopic (exact) mass is 289 g/mol. The molecule has 0 aliphatic heterocycles. The van der Waals surface area contributed by atoms with Crippen LogP contribution in [0.3, 0.4) is 0 Å². The van der Waals surface area contributed by atoms with Crippen LogP contribution in [0.25, 0.3) is 0 Å². The first-order valence-corrected chi connectivity index (χ1v) is 6.31. The minimum atomic E-state index is -0.331. The number of hydrogen-bond acceptors (Lipinski definition) is 6. The first kappa shape index (κ1) is 14.5. The van der Waals surface area contributed by atoms with E-state index in [1.807, 2.05) is 0 Å². The molecule has 0 aliphatic rings. The number of rotatable bonds is 6. The average Bonchev–Trinajstić information content (AvgIpc) is 2.99. The Hall–Kier alpha value is -2.90. The van der Waals surface area contributed by atoms with Gasteiger partial charge in [0, 0.05) is 24.2 Å². The molecule has 1 aromatic heterocycles. The van der Waals surface area contributed by atoms with E-state index >= 15 is 0 Å². The molecule has 0 fully saturated rings. The maximum Gasteiger partial charge on any atom is 0.251 e. The van der Waals surface area contributed by atoms with E-state index in [1.165, 1.54) is 6.33 Å². The van der Waals surface area contributed by atoms with Crippen LogP contribution in [0.2, 0.25) is 0 Å². The lowest BCUT2D eigenvalue weighted by Crippen LogP contribution is -2.37. The zero-order valence-corrected chi connectivity index (χ0v) is 11.2. The number of anilines is 1. The Morgan fingerprint density at radius 1 is 1.19 bits per heavy atom. The molecule has 0 saturated heterocycles. The first-order chi connectivity index (χ1) is 10.1. The van der Waals surface area contributed by atoms with Crippen LogP contribution in [0.15, 0.2) is 35.1 Å². The molecule has 2 rings (SSSR count). The Bertz CT molecular complexity index is 595. The van der Waals surface area contributed by atoms with Crippen molar-refractivity contribution >= 4 is 17.5 Å². The summed E-state index contributed by atoms with van der Waals surface area (Å²) in [5.74, 6) is -0.179. The first-order valence-electron chi connectivity index (χ1n) is 6.31. The van der Waals surface area contributed by atoms with Gasteiger partial charge in [0.1, 0.15) is 0 Å². The molecular weight excluding hydrogens is 274 g/mol. The number of nitrogens with two attached hydrogens (primary N) is 1. The third-order valence-electron chi connectivity index (χ3n) is 2.65. The Kier molecular flexibility index (Phi) is 4.86. The van der Waals surface area contributed by atoms with Crippen molar-refractivity contribution in [2.75, 3.05) is 18.8 Å². The highest BCUT2D eigenvalue weighted by atomic mass is 16.5. The molecule has 1 heterocycles. The summed E-state index contributed by atoms with van der Waals surface area (Å²) in [4.78, 5) is 27.1. The standard InChI is InChI=1S/C13H15N5O3/c14-10-3-1-9(2-4-10)13(20)16-7-11(19)15-6-5-12-17-8-18-21-12/h1-4,8H,5-7,14H2,(H,15,19)(H,16,20). The summed E-state index contributed by atoms with van der Waals surface area (Å²) >= 11 is 0. The summed E-state index contributed by atoms with van der Waals surface area (Å²) in [5, 5.41) is 8.61. The Morgan fingerprint density at radius 2 is 1.95 bits per heavy atom. The van der Waals surface area contributed by atoms with E-state index in [0.717, 1.165) is 0 Å². The second-order valence-electron chi connectivity index (χ2n) is 4.24. The van der Waals surface area contributed by atoms with Gasteiger partial charge in [0.25, 0.3) is 5.91 Å². The summed E-state index contributed by atoms with van der Waals surface area (Å²) in [6.45, 7) is 0.256. The van der Waals surface area contributed by atoms with Crippen molar-refractivity contribution in [2.24, 2.45) is 0 Å². The fraction of sp³-hybridized carbons (Fsp3) is 0.231. The highest BCUT2D eigenvalue weighted by Gasteiger charge is 2.08. The van der Waals surface area contributed by atoms with Crippen molar-refractivity contribution in [2.45, 2.75) is 6.42 Å². The van der Waals surface area contributed by atoms with Gasteiger partial charge in [-0.15, -0.1) is 0 Å². The van der Waals surface area contributed by atoms with Gasteiger partial charge in [-0.25, -0.2) is 0 Å². The minimum Gasteiger partial charge on any atom is -0.399 e. The average molecular weight is 289 g/mol. The summed E-state index contributed by atoms with van der Waals surface area (Å²) in [6.07, 6.45) is 1.74. The predicted molar refractivity (Wildman–Crippen MR) is 74.2 cm³/mol. The second-order valence-corrected chi connectivity index (χ2v) is 4.24. The number of benzene rings is 1. The number of amides is 2. The molecule has 1 aromatic carbocycles. The van der Waals surface area contributed by atoms with Crippen molar-refractivity contribution in [1.29, 1.82) is 0 Å². The van der Waals surface area contributed by atoms with Gasteiger partial charge in [0.2, 0.25) is 11.8 Å². The number of aromatic nitrogens is 2. The van der Waals surface area contributed by atoms with E-state index in [1.54, 1.807) is 24.3 Å².